The topological polar surface area (TPSA) is 57.7 Å². The van der Waals surface area contributed by atoms with Gasteiger partial charge in [-0.25, -0.2) is 0 Å². The molecular weight excluding hydrogens is 312 g/mol. The normalized spacial score (nSPS) is 13.7. The van der Waals surface area contributed by atoms with Crippen LogP contribution in [0.3, 0.4) is 0 Å². The van der Waals surface area contributed by atoms with Crippen LogP contribution >= 0.6 is 15.9 Å². The number of hydrogen-bond donors (Lipinski definition) is 0. The number of rotatable bonds is 3. The molecule has 0 aliphatic carbocycles. The van der Waals surface area contributed by atoms with Gasteiger partial charge in [-0.1, -0.05) is 15.9 Å². The molecule has 0 spiro atoms. The number of halogens is 1. The molecule has 0 saturated carbocycles. The molecule has 2 rings (SSSR count). The van der Waals surface area contributed by atoms with E-state index in [0.717, 1.165) is 4.47 Å². The summed E-state index contributed by atoms with van der Waals surface area (Å²) in [5.41, 5.74) is 0.836. The number of anilines is 1. The van der Waals surface area contributed by atoms with Gasteiger partial charge in [-0.3, -0.25) is 19.3 Å². The monoisotopic (exact) mass is 324 g/mol. The zero-order chi connectivity index (χ0) is 14.2. The van der Waals surface area contributed by atoms with Crippen LogP contribution in [0.15, 0.2) is 22.7 Å². The number of carbonyl (C=O) groups is 3. The van der Waals surface area contributed by atoms with Gasteiger partial charge in [0.2, 0.25) is 5.91 Å². The molecule has 5 nitrogen and oxygen atoms in total. The molecule has 1 aliphatic rings. The average molecular weight is 325 g/mol. The van der Waals surface area contributed by atoms with Crippen molar-refractivity contribution in [1.29, 1.82) is 0 Å². The molecule has 0 aromatic heterocycles. The van der Waals surface area contributed by atoms with Crippen LogP contribution in [0.2, 0.25) is 0 Å². The van der Waals surface area contributed by atoms with Gasteiger partial charge < -0.3 is 4.90 Å². The molecule has 0 atom stereocenters. The minimum Gasteiger partial charge on any atom is -0.344 e. The summed E-state index contributed by atoms with van der Waals surface area (Å²) in [6.45, 7) is 2.29. The van der Waals surface area contributed by atoms with Crippen molar-refractivity contribution in [3.8, 4) is 0 Å². The van der Waals surface area contributed by atoms with Crippen LogP contribution in [0.25, 0.3) is 0 Å². The molecule has 1 aromatic rings. The molecule has 1 heterocycles. The van der Waals surface area contributed by atoms with Gasteiger partial charge in [0.05, 0.1) is 11.3 Å². The summed E-state index contributed by atoms with van der Waals surface area (Å²) in [4.78, 5) is 38.3. The number of carbonyl (C=O) groups excluding carboxylic acids is 3. The predicted molar refractivity (Wildman–Crippen MR) is 74.1 cm³/mol. The summed E-state index contributed by atoms with van der Waals surface area (Å²) in [7, 11) is 1.66. The summed E-state index contributed by atoms with van der Waals surface area (Å²) in [6.07, 6.45) is 0. The summed E-state index contributed by atoms with van der Waals surface area (Å²) >= 11 is 3.30. The highest BCUT2D eigenvalue weighted by atomic mass is 79.9. The molecule has 0 radical (unpaired) electrons. The molecule has 0 unspecified atom stereocenters. The first-order chi connectivity index (χ1) is 8.95. The third-order valence-corrected chi connectivity index (χ3v) is 3.62. The number of ketones is 1. The van der Waals surface area contributed by atoms with Crippen LogP contribution in [-0.2, 0) is 9.59 Å². The van der Waals surface area contributed by atoms with Gasteiger partial charge in [-0.2, -0.15) is 0 Å². The van der Waals surface area contributed by atoms with Crippen LogP contribution in [0, 0.1) is 0 Å². The number of hydrogen-bond acceptors (Lipinski definition) is 3. The van der Waals surface area contributed by atoms with Crippen molar-refractivity contribution in [2.45, 2.75) is 6.92 Å². The molecule has 19 heavy (non-hydrogen) atoms. The Bertz CT molecular complexity index is 571. The van der Waals surface area contributed by atoms with E-state index in [1.54, 1.807) is 25.2 Å². The number of Topliss-reactive ketones (excluding diaryl/α,β-unsaturated/α-hetero) is 1. The maximum atomic E-state index is 11.9. The Kier molecular flexibility index (Phi) is 3.71. The van der Waals surface area contributed by atoms with E-state index in [4.69, 9.17) is 0 Å². The third kappa shape index (κ3) is 2.40. The smallest absolute Gasteiger partial charge is 0.299 e. The van der Waals surface area contributed by atoms with Gasteiger partial charge in [-0.15, -0.1) is 0 Å². The van der Waals surface area contributed by atoms with Gasteiger partial charge in [0.15, 0.2) is 0 Å². The molecule has 0 bridgehead atoms. The Morgan fingerprint density at radius 3 is 2.68 bits per heavy atom. The van der Waals surface area contributed by atoms with E-state index in [2.05, 4.69) is 15.9 Å². The first-order valence-electron chi connectivity index (χ1n) is 5.85. The minimum absolute atomic E-state index is 0.113. The number of nitrogens with zero attached hydrogens (tertiary/aromatic N) is 2. The van der Waals surface area contributed by atoms with Crippen LogP contribution < -0.4 is 4.90 Å². The molecule has 1 aliphatic heterocycles. The van der Waals surface area contributed by atoms with Crippen molar-refractivity contribution < 1.29 is 14.4 Å². The Balaban J connectivity index is 2.33. The zero-order valence-corrected chi connectivity index (χ0v) is 12.2. The lowest BCUT2D eigenvalue weighted by atomic mass is 10.1. The van der Waals surface area contributed by atoms with Crippen molar-refractivity contribution in [3.05, 3.63) is 28.2 Å². The fourth-order valence-electron chi connectivity index (χ4n) is 1.86. The maximum absolute atomic E-state index is 11.9. The lowest BCUT2D eigenvalue weighted by Crippen LogP contribution is -2.40. The molecule has 100 valence electrons. The van der Waals surface area contributed by atoms with Gasteiger partial charge in [0.1, 0.15) is 6.54 Å². The third-order valence-electron chi connectivity index (χ3n) is 3.13. The number of amides is 2. The highest BCUT2D eigenvalue weighted by Crippen LogP contribution is 2.31. The van der Waals surface area contributed by atoms with E-state index in [1.165, 1.54) is 9.80 Å². The van der Waals surface area contributed by atoms with Crippen molar-refractivity contribution >= 4 is 39.2 Å². The summed E-state index contributed by atoms with van der Waals surface area (Å²) in [5, 5.41) is 0. The quantitative estimate of drug-likeness (QED) is 0.791. The van der Waals surface area contributed by atoms with E-state index in [0.29, 0.717) is 17.8 Å². The van der Waals surface area contributed by atoms with E-state index >= 15 is 0 Å². The average Bonchev–Trinajstić information content (AvgIpc) is 2.62. The second-order valence-corrected chi connectivity index (χ2v) is 5.21. The fourth-order valence-corrected chi connectivity index (χ4v) is 2.21. The number of fused-ring (bicyclic) bond motifs is 1. The Labute approximate surface area is 119 Å². The van der Waals surface area contributed by atoms with Gasteiger partial charge in [-0.05, 0) is 25.1 Å². The molecule has 0 saturated heterocycles. The Morgan fingerprint density at radius 2 is 2.05 bits per heavy atom. The zero-order valence-electron chi connectivity index (χ0n) is 10.6. The predicted octanol–water partition coefficient (Wildman–Crippen LogP) is 1.46. The molecule has 2 amide bonds. The van der Waals surface area contributed by atoms with Gasteiger partial charge in [0.25, 0.3) is 11.7 Å². The summed E-state index contributed by atoms with van der Waals surface area (Å²) in [6, 6.07) is 4.97. The van der Waals surface area contributed by atoms with E-state index in [9.17, 15) is 14.4 Å². The molecule has 0 N–H and O–H groups in total. The first kappa shape index (κ1) is 13.7. The van der Waals surface area contributed by atoms with Crippen LogP contribution in [0.1, 0.15) is 17.3 Å². The standard InChI is InChI=1S/C13H13BrN2O3/c1-3-15(2)11(17)7-16-10-6-8(14)4-5-9(10)12(18)13(16)19/h4-6H,3,7H2,1-2H3. The molecule has 0 fully saturated rings. The Hall–Kier alpha value is -1.69. The van der Waals surface area contributed by atoms with E-state index < -0.39 is 11.7 Å². The van der Waals surface area contributed by atoms with E-state index in [-0.39, 0.29) is 12.5 Å². The second-order valence-electron chi connectivity index (χ2n) is 4.29. The number of likely N-dealkylation sites (N-methyl/N-ethyl adjacent to an activating group) is 1. The van der Waals surface area contributed by atoms with Crippen LogP contribution in [0.5, 0.6) is 0 Å². The highest BCUT2D eigenvalue weighted by molar-refractivity contribution is 9.10. The van der Waals surface area contributed by atoms with Crippen molar-refractivity contribution in [3.63, 3.8) is 0 Å². The SMILES string of the molecule is CCN(C)C(=O)CN1C(=O)C(=O)c2ccc(Br)cc21. The first-order valence-corrected chi connectivity index (χ1v) is 6.64. The van der Waals surface area contributed by atoms with Crippen molar-refractivity contribution in [1.82, 2.24) is 4.90 Å². The molecule has 6 heteroatoms. The molecular formula is C13H13BrN2O3. The lowest BCUT2D eigenvalue weighted by Gasteiger charge is -2.20. The second kappa shape index (κ2) is 5.13. The van der Waals surface area contributed by atoms with Crippen LogP contribution in [0.4, 0.5) is 5.69 Å². The van der Waals surface area contributed by atoms with Gasteiger partial charge >= 0.3 is 0 Å². The van der Waals surface area contributed by atoms with Crippen molar-refractivity contribution in [2.75, 3.05) is 25.0 Å². The lowest BCUT2D eigenvalue weighted by molar-refractivity contribution is -0.129. The summed E-state index contributed by atoms with van der Waals surface area (Å²) in [5.74, 6) is -1.41. The van der Waals surface area contributed by atoms with Gasteiger partial charge in [0, 0.05) is 18.1 Å². The fraction of sp³-hybridized carbons (Fsp3) is 0.308. The van der Waals surface area contributed by atoms with Crippen molar-refractivity contribution in [2.24, 2.45) is 0 Å². The highest BCUT2D eigenvalue weighted by Gasteiger charge is 2.37. The maximum Gasteiger partial charge on any atom is 0.299 e. The number of benzene rings is 1. The molecule has 1 aromatic carbocycles. The Morgan fingerprint density at radius 1 is 1.37 bits per heavy atom. The summed E-state index contributed by atoms with van der Waals surface area (Å²) < 4.78 is 0.759. The largest absolute Gasteiger partial charge is 0.344 e. The van der Waals surface area contributed by atoms with E-state index in [1.807, 2.05) is 6.92 Å². The van der Waals surface area contributed by atoms with Crippen LogP contribution in [-0.4, -0.2) is 42.6 Å². The minimum atomic E-state index is -0.647.